The Balaban J connectivity index is 2.04. The van der Waals surface area contributed by atoms with Crippen LogP contribution in [0.3, 0.4) is 0 Å². The van der Waals surface area contributed by atoms with Gasteiger partial charge in [0.1, 0.15) is 5.82 Å². The minimum absolute atomic E-state index is 0.0101. The molecule has 1 N–H and O–H groups in total. The number of aromatic nitrogens is 2. The SMILES string of the molecule is Cc1nc2c(c(=O)[nH]1)C1(CCCCC1)Cc1ccccc1-2. The molecule has 0 aliphatic heterocycles. The summed E-state index contributed by atoms with van der Waals surface area (Å²) in [6, 6.07) is 8.45. The first-order chi connectivity index (χ1) is 10.2. The normalized spacial score (nSPS) is 19.1. The van der Waals surface area contributed by atoms with Gasteiger partial charge in [-0.3, -0.25) is 4.79 Å². The highest BCUT2D eigenvalue weighted by Crippen LogP contribution is 2.48. The summed E-state index contributed by atoms with van der Waals surface area (Å²) in [6.45, 7) is 1.87. The van der Waals surface area contributed by atoms with Crippen LogP contribution in [0.2, 0.25) is 0 Å². The van der Waals surface area contributed by atoms with Crippen molar-refractivity contribution in [3.63, 3.8) is 0 Å². The maximum Gasteiger partial charge on any atom is 0.255 e. The van der Waals surface area contributed by atoms with E-state index in [1.807, 2.05) is 13.0 Å². The number of rotatable bonds is 0. The minimum atomic E-state index is 0.0101. The fourth-order valence-corrected chi connectivity index (χ4v) is 4.29. The predicted molar refractivity (Wildman–Crippen MR) is 83.5 cm³/mol. The van der Waals surface area contributed by atoms with Gasteiger partial charge in [0.15, 0.2) is 0 Å². The van der Waals surface area contributed by atoms with Crippen molar-refractivity contribution in [1.29, 1.82) is 0 Å². The highest BCUT2D eigenvalue weighted by molar-refractivity contribution is 5.71. The Hall–Kier alpha value is -1.90. The Bertz CT molecular complexity index is 754. The van der Waals surface area contributed by atoms with Crippen LogP contribution in [-0.2, 0) is 11.8 Å². The number of benzene rings is 1. The molecule has 2 aromatic rings. The van der Waals surface area contributed by atoms with Crippen LogP contribution >= 0.6 is 0 Å². The molecule has 3 heteroatoms. The van der Waals surface area contributed by atoms with Crippen LogP contribution in [0.25, 0.3) is 11.3 Å². The molecule has 21 heavy (non-hydrogen) atoms. The van der Waals surface area contributed by atoms with E-state index in [-0.39, 0.29) is 11.0 Å². The summed E-state index contributed by atoms with van der Waals surface area (Å²) in [7, 11) is 0. The van der Waals surface area contributed by atoms with Crippen LogP contribution < -0.4 is 5.56 Å². The van der Waals surface area contributed by atoms with E-state index in [2.05, 4.69) is 23.2 Å². The first-order valence-corrected chi connectivity index (χ1v) is 7.89. The number of aryl methyl sites for hydroxylation is 1. The zero-order chi connectivity index (χ0) is 14.4. The number of aromatic amines is 1. The summed E-state index contributed by atoms with van der Waals surface area (Å²) in [5.74, 6) is 0.710. The van der Waals surface area contributed by atoms with Gasteiger partial charge in [0.25, 0.3) is 5.56 Å². The molecule has 108 valence electrons. The maximum atomic E-state index is 12.7. The monoisotopic (exact) mass is 280 g/mol. The third kappa shape index (κ3) is 1.87. The van der Waals surface area contributed by atoms with Gasteiger partial charge in [0, 0.05) is 11.0 Å². The van der Waals surface area contributed by atoms with Crippen molar-refractivity contribution in [2.45, 2.75) is 50.9 Å². The van der Waals surface area contributed by atoms with Crippen molar-refractivity contribution in [1.82, 2.24) is 9.97 Å². The van der Waals surface area contributed by atoms with Crippen LogP contribution in [0.1, 0.15) is 49.1 Å². The zero-order valence-electron chi connectivity index (χ0n) is 12.4. The summed E-state index contributed by atoms with van der Waals surface area (Å²) >= 11 is 0. The lowest BCUT2D eigenvalue weighted by atomic mass is 9.62. The van der Waals surface area contributed by atoms with Crippen LogP contribution in [0.4, 0.5) is 0 Å². The summed E-state index contributed by atoms with van der Waals surface area (Å²) in [5, 5.41) is 0. The third-order valence-corrected chi connectivity index (χ3v) is 5.18. The second kappa shape index (κ2) is 4.55. The Morgan fingerprint density at radius 1 is 1.14 bits per heavy atom. The van der Waals surface area contributed by atoms with E-state index < -0.39 is 0 Å². The molecule has 0 saturated heterocycles. The second-order valence-electron chi connectivity index (χ2n) is 6.55. The van der Waals surface area contributed by atoms with Crippen LogP contribution in [-0.4, -0.2) is 9.97 Å². The largest absolute Gasteiger partial charge is 0.310 e. The zero-order valence-corrected chi connectivity index (χ0v) is 12.4. The van der Waals surface area contributed by atoms with Crippen molar-refractivity contribution >= 4 is 0 Å². The number of hydrogen-bond donors (Lipinski definition) is 1. The molecule has 2 aliphatic carbocycles. The molecular formula is C18H20N2O. The smallest absolute Gasteiger partial charge is 0.255 e. The van der Waals surface area contributed by atoms with Crippen LogP contribution in [0, 0.1) is 6.92 Å². The van der Waals surface area contributed by atoms with Gasteiger partial charge >= 0.3 is 0 Å². The van der Waals surface area contributed by atoms with Crippen molar-refractivity contribution in [2.75, 3.05) is 0 Å². The Morgan fingerprint density at radius 3 is 2.71 bits per heavy atom. The lowest BCUT2D eigenvalue weighted by Gasteiger charge is -2.41. The molecule has 0 amide bonds. The molecule has 0 atom stereocenters. The predicted octanol–water partition coefficient (Wildman–Crippen LogP) is 3.50. The van der Waals surface area contributed by atoms with Crippen molar-refractivity contribution in [3.8, 4) is 11.3 Å². The molecule has 0 bridgehead atoms. The van der Waals surface area contributed by atoms with Gasteiger partial charge in [-0.05, 0) is 31.7 Å². The third-order valence-electron chi connectivity index (χ3n) is 5.18. The van der Waals surface area contributed by atoms with Gasteiger partial charge in [0.2, 0.25) is 0 Å². The summed E-state index contributed by atoms with van der Waals surface area (Å²) in [4.78, 5) is 20.3. The van der Waals surface area contributed by atoms with E-state index in [1.165, 1.54) is 24.8 Å². The van der Waals surface area contributed by atoms with E-state index in [4.69, 9.17) is 4.98 Å². The van der Waals surface area contributed by atoms with E-state index in [0.717, 1.165) is 36.1 Å². The molecule has 0 radical (unpaired) electrons. The molecule has 1 saturated carbocycles. The quantitative estimate of drug-likeness (QED) is 0.802. The fraction of sp³-hybridized carbons (Fsp3) is 0.444. The molecule has 1 aromatic carbocycles. The first kappa shape index (κ1) is 12.8. The average Bonchev–Trinajstić information content (AvgIpc) is 2.47. The number of fused-ring (bicyclic) bond motifs is 4. The fourth-order valence-electron chi connectivity index (χ4n) is 4.29. The standard InChI is InChI=1S/C18H20N2O/c1-12-19-16-14-8-4-3-7-13(14)11-18(9-5-2-6-10-18)15(16)17(21)20-12/h3-4,7-8H,2,5-6,9-11H2,1H3,(H,19,20,21). The van der Waals surface area contributed by atoms with E-state index >= 15 is 0 Å². The number of hydrogen-bond acceptors (Lipinski definition) is 2. The number of nitrogens with one attached hydrogen (secondary N) is 1. The lowest BCUT2D eigenvalue weighted by Crippen LogP contribution is -2.40. The number of nitrogens with zero attached hydrogens (tertiary/aromatic N) is 1. The van der Waals surface area contributed by atoms with Gasteiger partial charge in [-0.1, -0.05) is 43.5 Å². The van der Waals surface area contributed by atoms with Gasteiger partial charge in [-0.2, -0.15) is 0 Å². The van der Waals surface area contributed by atoms with Crippen molar-refractivity contribution in [3.05, 3.63) is 51.6 Å². The first-order valence-electron chi connectivity index (χ1n) is 7.89. The summed E-state index contributed by atoms with van der Waals surface area (Å²) in [5.41, 5.74) is 4.47. The van der Waals surface area contributed by atoms with E-state index in [9.17, 15) is 4.79 Å². The van der Waals surface area contributed by atoms with Gasteiger partial charge in [0.05, 0.1) is 11.3 Å². The van der Waals surface area contributed by atoms with Gasteiger partial charge in [-0.25, -0.2) is 4.98 Å². The highest BCUT2D eigenvalue weighted by atomic mass is 16.1. The molecule has 2 aliphatic rings. The Morgan fingerprint density at radius 2 is 1.90 bits per heavy atom. The topological polar surface area (TPSA) is 45.8 Å². The van der Waals surface area contributed by atoms with E-state index in [1.54, 1.807) is 0 Å². The average molecular weight is 280 g/mol. The van der Waals surface area contributed by atoms with Crippen molar-refractivity contribution in [2.24, 2.45) is 0 Å². The molecule has 1 heterocycles. The molecule has 1 fully saturated rings. The maximum absolute atomic E-state index is 12.7. The Kier molecular flexibility index (Phi) is 2.78. The molecule has 1 aromatic heterocycles. The molecule has 1 spiro atoms. The lowest BCUT2D eigenvalue weighted by molar-refractivity contribution is 0.285. The Labute approximate surface area is 124 Å². The molecule has 3 nitrogen and oxygen atoms in total. The van der Waals surface area contributed by atoms with Gasteiger partial charge in [-0.15, -0.1) is 0 Å². The summed E-state index contributed by atoms with van der Waals surface area (Å²) < 4.78 is 0. The molecular weight excluding hydrogens is 260 g/mol. The number of H-pyrrole nitrogens is 1. The van der Waals surface area contributed by atoms with Crippen LogP contribution in [0.15, 0.2) is 29.1 Å². The van der Waals surface area contributed by atoms with Crippen molar-refractivity contribution < 1.29 is 0 Å². The second-order valence-corrected chi connectivity index (χ2v) is 6.55. The van der Waals surface area contributed by atoms with Crippen LogP contribution in [0.5, 0.6) is 0 Å². The van der Waals surface area contributed by atoms with Gasteiger partial charge < -0.3 is 4.98 Å². The minimum Gasteiger partial charge on any atom is -0.310 e. The summed E-state index contributed by atoms with van der Waals surface area (Å²) in [6.07, 6.45) is 6.94. The molecule has 0 unspecified atom stereocenters. The highest BCUT2D eigenvalue weighted by Gasteiger charge is 2.42. The van der Waals surface area contributed by atoms with E-state index in [0.29, 0.717) is 5.82 Å². The molecule has 4 rings (SSSR count).